The van der Waals surface area contributed by atoms with Crippen molar-refractivity contribution < 1.29 is 43.5 Å². The van der Waals surface area contributed by atoms with E-state index in [0.717, 1.165) is 5.71 Å². The lowest BCUT2D eigenvalue weighted by molar-refractivity contribution is -0.438. The average Bonchev–Trinajstić information content (AvgIpc) is 2.73. The highest BCUT2D eigenvalue weighted by Gasteiger charge is 2.46. The molecule has 0 saturated carbocycles. The Kier molecular flexibility index (Phi) is 6.62. The van der Waals surface area contributed by atoms with E-state index in [0.29, 0.717) is 11.3 Å². The van der Waals surface area contributed by atoms with Gasteiger partial charge in [-0.25, -0.2) is 0 Å². The molecule has 10 nitrogen and oxygen atoms in total. The standard InChI is InChI=1S/C16H23NO9S3/c1-12-16(2,7-3-9-27(18,19)20)14-11-13(29(24,25)26)5-6-15(14)17(12)8-4-10-28(21,22)23/h5-6,11H,3-4,7-10H2,1-2H3,(H2-,18,19,20,21,22,23,24,25,26)/p+1. The number of hydrogen-bond donors (Lipinski definition) is 3. The molecule has 1 unspecified atom stereocenters. The zero-order valence-electron chi connectivity index (χ0n) is 15.9. The highest BCUT2D eigenvalue weighted by atomic mass is 32.2. The molecule has 1 aromatic rings. The lowest BCUT2D eigenvalue weighted by Gasteiger charge is -2.22. The molecule has 0 radical (unpaired) electrons. The van der Waals surface area contributed by atoms with Crippen molar-refractivity contribution in [2.75, 3.05) is 18.1 Å². The van der Waals surface area contributed by atoms with Gasteiger partial charge in [0.25, 0.3) is 30.4 Å². The molecule has 1 heterocycles. The van der Waals surface area contributed by atoms with Gasteiger partial charge in [-0.05, 0) is 31.9 Å². The van der Waals surface area contributed by atoms with Gasteiger partial charge in [-0.15, -0.1) is 0 Å². The molecule has 0 aliphatic carbocycles. The smallest absolute Gasteiger partial charge is 0.286 e. The van der Waals surface area contributed by atoms with Crippen molar-refractivity contribution in [2.45, 2.75) is 43.4 Å². The summed E-state index contributed by atoms with van der Waals surface area (Å²) in [6.07, 6.45) is 0.465. The van der Waals surface area contributed by atoms with Gasteiger partial charge in [-0.3, -0.25) is 13.7 Å². The maximum atomic E-state index is 11.6. The monoisotopic (exact) mass is 470 g/mol. The Morgan fingerprint density at radius 2 is 1.48 bits per heavy atom. The third-order valence-corrected chi connectivity index (χ3v) is 7.68. The van der Waals surface area contributed by atoms with Gasteiger partial charge in [0.1, 0.15) is 6.54 Å². The molecule has 0 amide bonds. The summed E-state index contributed by atoms with van der Waals surface area (Å²) < 4.78 is 96.4. The SMILES string of the molecule is CC1=[N+](CCCS(=O)(=O)O)c2ccc(S(=O)(=O)O)cc2C1(C)CCCS(=O)(=O)O. The van der Waals surface area contributed by atoms with Gasteiger partial charge >= 0.3 is 0 Å². The molecule has 2 rings (SSSR count). The molecule has 13 heteroatoms. The number of fused-ring (bicyclic) bond motifs is 1. The zero-order valence-corrected chi connectivity index (χ0v) is 18.4. The second-order valence-electron chi connectivity index (χ2n) is 7.25. The summed E-state index contributed by atoms with van der Waals surface area (Å²) in [5.41, 5.74) is 1.05. The third-order valence-electron chi connectivity index (χ3n) is 5.22. The van der Waals surface area contributed by atoms with Crippen LogP contribution in [0.2, 0.25) is 0 Å². The largest absolute Gasteiger partial charge is 0.294 e. The molecular weight excluding hydrogens is 446 g/mol. The summed E-state index contributed by atoms with van der Waals surface area (Å²) in [5.74, 6) is -0.916. The molecule has 1 aliphatic rings. The Hall–Kier alpha value is -1.38. The van der Waals surface area contributed by atoms with Gasteiger partial charge in [0.2, 0.25) is 5.69 Å². The van der Waals surface area contributed by atoms with E-state index in [2.05, 4.69) is 0 Å². The topological polar surface area (TPSA) is 166 Å². The molecule has 0 fully saturated rings. The third kappa shape index (κ3) is 5.83. The molecule has 29 heavy (non-hydrogen) atoms. The van der Waals surface area contributed by atoms with Gasteiger partial charge in [0, 0.05) is 25.0 Å². The van der Waals surface area contributed by atoms with Crippen molar-refractivity contribution in [1.29, 1.82) is 0 Å². The van der Waals surface area contributed by atoms with Crippen LogP contribution in [0.4, 0.5) is 5.69 Å². The first kappa shape index (κ1) is 23.9. The van der Waals surface area contributed by atoms with Crippen LogP contribution in [-0.4, -0.2) is 67.2 Å². The summed E-state index contributed by atoms with van der Waals surface area (Å²) in [5, 5.41) is 0. The highest BCUT2D eigenvalue weighted by Crippen LogP contribution is 2.43. The van der Waals surface area contributed by atoms with E-state index in [4.69, 9.17) is 9.11 Å². The van der Waals surface area contributed by atoms with Crippen molar-refractivity contribution >= 4 is 41.8 Å². The molecule has 1 aromatic carbocycles. The van der Waals surface area contributed by atoms with Crippen molar-refractivity contribution in [3.8, 4) is 0 Å². The van der Waals surface area contributed by atoms with Crippen LogP contribution in [0, 0.1) is 0 Å². The molecule has 1 atom stereocenters. The Balaban J connectivity index is 2.47. The maximum Gasteiger partial charge on any atom is 0.294 e. The van der Waals surface area contributed by atoms with E-state index in [1.807, 2.05) is 0 Å². The van der Waals surface area contributed by atoms with Crippen LogP contribution >= 0.6 is 0 Å². The van der Waals surface area contributed by atoms with E-state index < -0.39 is 47.3 Å². The Bertz CT molecular complexity index is 1150. The maximum absolute atomic E-state index is 11.6. The minimum atomic E-state index is -4.47. The Labute approximate surface area is 170 Å². The van der Waals surface area contributed by atoms with E-state index in [1.54, 1.807) is 18.4 Å². The number of benzene rings is 1. The molecule has 0 aromatic heterocycles. The minimum absolute atomic E-state index is 0.0983. The summed E-state index contributed by atoms with van der Waals surface area (Å²) in [6.45, 7) is 3.76. The van der Waals surface area contributed by atoms with Crippen LogP contribution in [0.3, 0.4) is 0 Å². The van der Waals surface area contributed by atoms with Crippen molar-refractivity contribution in [3.05, 3.63) is 23.8 Å². The lowest BCUT2D eigenvalue weighted by atomic mass is 9.76. The summed E-state index contributed by atoms with van der Waals surface area (Å²) >= 11 is 0. The Morgan fingerprint density at radius 1 is 0.931 bits per heavy atom. The first-order valence-electron chi connectivity index (χ1n) is 8.68. The van der Waals surface area contributed by atoms with Crippen LogP contribution in [-0.2, 0) is 35.8 Å². The fourth-order valence-corrected chi connectivity index (χ4v) is 5.15. The van der Waals surface area contributed by atoms with Gasteiger partial charge in [0.15, 0.2) is 5.71 Å². The zero-order chi connectivity index (χ0) is 22.3. The van der Waals surface area contributed by atoms with E-state index in [9.17, 15) is 29.8 Å². The van der Waals surface area contributed by atoms with E-state index in [-0.39, 0.29) is 30.7 Å². The summed E-state index contributed by atoms with van der Waals surface area (Å²) in [7, 11) is -12.8. The molecule has 0 saturated heterocycles. The highest BCUT2D eigenvalue weighted by molar-refractivity contribution is 7.86. The minimum Gasteiger partial charge on any atom is -0.286 e. The number of nitrogens with zero attached hydrogens (tertiary/aromatic N) is 1. The predicted molar refractivity (Wildman–Crippen MR) is 106 cm³/mol. The van der Waals surface area contributed by atoms with E-state index >= 15 is 0 Å². The molecule has 3 N–H and O–H groups in total. The summed E-state index contributed by atoms with van der Waals surface area (Å²) in [6, 6.07) is 4.02. The normalized spacial score (nSPS) is 20.2. The first-order chi connectivity index (χ1) is 13.0. The summed E-state index contributed by atoms with van der Waals surface area (Å²) in [4.78, 5) is -0.315. The molecule has 1 aliphatic heterocycles. The van der Waals surface area contributed by atoms with Crippen LogP contribution in [0.1, 0.15) is 38.7 Å². The molecule has 0 bridgehead atoms. The molecule has 164 valence electrons. The first-order valence-corrected chi connectivity index (χ1v) is 13.3. The quantitative estimate of drug-likeness (QED) is 0.355. The second kappa shape index (κ2) is 8.04. The average molecular weight is 471 g/mol. The fourth-order valence-electron chi connectivity index (χ4n) is 3.64. The second-order valence-corrected chi connectivity index (χ2v) is 11.8. The van der Waals surface area contributed by atoms with E-state index in [1.165, 1.54) is 18.2 Å². The van der Waals surface area contributed by atoms with Crippen LogP contribution in [0.15, 0.2) is 23.1 Å². The van der Waals surface area contributed by atoms with Crippen LogP contribution in [0.5, 0.6) is 0 Å². The molecule has 0 spiro atoms. The number of hydrogen-bond acceptors (Lipinski definition) is 6. The predicted octanol–water partition coefficient (Wildman–Crippen LogP) is 1.26. The van der Waals surface area contributed by atoms with Crippen molar-refractivity contribution in [2.24, 2.45) is 0 Å². The van der Waals surface area contributed by atoms with Crippen LogP contribution < -0.4 is 0 Å². The van der Waals surface area contributed by atoms with Crippen molar-refractivity contribution in [3.63, 3.8) is 0 Å². The molecular formula is C16H24NO9S3+. The van der Waals surface area contributed by atoms with Gasteiger partial charge in [0.05, 0.1) is 21.8 Å². The van der Waals surface area contributed by atoms with Crippen molar-refractivity contribution in [1.82, 2.24) is 0 Å². The Morgan fingerprint density at radius 3 is 2.00 bits per heavy atom. The fraction of sp³-hybridized carbons (Fsp3) is 0.562. The van der Waals surface area contributed by atoms with Gasteiger partial charge in [-0.1, -0.05) is 0 Å². The van der Waals surface area contributed by atoms with Crippen LogP contribution in [0.25, 0.3) is 0 Å². The van der Waals surface area contributed by atoms with Gasteiger partial charge < -0.3 is 0 Å². The number of rotatable bonds is 9. The lowest BCUT2D eigenvalue weighted by Crippen LogP contribution is -2.31. The van der Waals surface area contributed by atoms with Gasteiger partial charge in [-0.2, -0.15) is 29.8 Å².